The molecular weight excluding hydrogens is 456 g/mol. The second-order valence-electron chi connectivity index (χ2n) is 9.03. The molecule has 0 aliphatic carbocycles. The van der Waals surface area contributed by atoms with Crippen LogP contribution in [0.1, 0.15) is 24.0 Å². The quantitative estimate of drug-likeness (QED) is 0.439. The third-order valence-electron chi connectivity index (χ3n) is 6.57. The van der Waals surface area contributed by atoms with Crippen LogP contribution in [0.25, 0.3) is 16.7 Å². The molecule has 8 nitrogen and oxygen atoms in total. The summed E-state index contributed by atoms with van der Waals surface area (Å²) in [6.07, 6.45) is 3.76. The van der Waals surface area contributed by atoms with Crippen LogP contribution in [0.2, 0.25) is 0 Å². The van der Waals surface area contributed by atoms with Gasteiger partial charge in [0.1, 0.15) is 23.3 Å². The molecular formula is C25H25F2N5O3. The average Bonchev–Trinajstić information content (AvgIpc) is 3.29. The molecule has 10 heteroatoms. The van der Waals surface area contributed by atoms with E-state index in [1.165, 1.54) is 52.1 Å². The van der Waals surface area contributed by atoms with E-state index < -0.39 is 18.0 Å². The Morgan fingerprint density at radius 1 is 1.06 bits per heavy atom. The molecule has 3 heterocycles. The number of nitrogens with zero attached hydrogens (tertiary/aromatic N) is 5. The van der Waals surface area contributed by atoms with Gasteiger partial charge in [-0.1, -0.05) is 12.1 Å². The van der Waals surface area contributed by atoms with Gasteiger partial charge >= 0.3 is 0 Å². The number of hydrogen-bond donors (Lipinski definition) is 2. The lowest BCUT2D eigenvalue weighted by molar-refractivity contribution is -0.0364. The number of piperidine rings is 1. The van der Waals surface area contributed by atoms with Crippen LogP contribution in [0, 0.1) is 11.6 Å². The lowest BCUT2D eigenvalue weighted by Crippen LogP contribution is -2.47. The van der Waals surface area contributed by atoms with Crippen molar-refractivity contribution in [3.8, 4) is 5.69 Å². The maximum atomic E-state index is 13.8. The Kier molecular flexibility index (Phi) is 6.18. The minimum absolute atomic E-state index is 0.107. The highest BCUT2D eigenvalue weighted by molar-refractivity contribution is 5.75. The highest BCUT2D eigenvalue weighted by Gasteiger charge is 2.33. The van der Waals surface area contributed by atoms with Gasteiger partial charge in [-0.25, -0.2) is 18.4 Å². The van der Waals surface area contributed by atoms with Crippen molar-refractivity contribution in [3.63, 3.8) is 0 Å². The monoisotopic (exact) mass is 481 g/mol. The van der Waals surface area contributed by atoms with Crippen LogP contribution in [0.15, 0.2) is 59.8 Å². The van der Waals surface area contributed by atoms with Gasteiger partial charge in [0.15, 0.2) is 5.65 Å². The van der Waals surface area contributed by atoms with E-state index in [-0.39, 0.29) is 28.9 Å². The summed E-state index contributed by atoms with van der Waals surface area (Å²) in [5, 5.41) is 25.0. The van der Waals surface area contributed by atoms with Crippen molar-refractivity contribution in [1.29, 1.82) is 0 Å². The Morgan fingerprint density at radius 3 is 2.51 bits per heavy atom. The van der Waals surface area contributed by atoms with Gasteiger partial charge in [-0.05, 0) is 48.7 Å². The average molecular weight is 482 g/mol. The number of likely N-dealkylation sites (tertiary alicyclic amines) is 1. The molecule has 4 aromatic rings. The second kappa shape index (κ2) is 9.29. The molecule has 0 unspecified atom stereocenters. The van der Waals surface area contributed by atoms with Crippen LogP contribution in [-0.2, 0) is 19.7 Å². The lowest BCUT2D eigenvalue weighted by atomic mass is 9.91. The molecule has 2 aromatic carbocycles. The number of fused-ring (bicyclic) bond motifs is 1. The second-order valence-corrected chi connectivity index (χ2v) is 9.03. The number of hydrogen-bond acceptors (Lipinski definition) is 6. The van der Waals surface area contributed by atoms with Crippen molar-refractivity contribution in [2.45, 2.75) is 38.1 Å². The summed E-state index contributed by atoms with van der Waals surface area (Å²) in [5.41, 5.74) is 0.527. The predicted octanol–water partition coefficient (Wildman–Crippen LogP) is 2.38. The molecule has 0 spiro atoms. The molecule has 2 aromatic heterocycles. The summed E-state index contributed by atoms with van der Waals surface area (Å²) < 4.78 is 29.7. The molecule has 0 radical (unpaired) electrons. The van der Waals surface area contributed by atoms with E-state index in [4.69, 9.17) is 0 Å². The van der Waals surface area contributed by atoms with Gasteiger partial charge in [-0.3, -0.25) is 14.3 Å². The van der Waals surface area contributed by atoms with Gasteiger partial charge < -0.3 is 10.2 Å². The van der Waals surface area contributed by atoms with Crippen LogP contribution >= 0.6 is 0 Å². The molecule has 35 heavy (non-hydrogen) atoms. The van der Waals surface area contributed by atoms with Crippen LogP contribution in [0.5, 0.6) is 0 Å². The van der Waals surface area contributed by atoms with E-state index in [0.717, 1.165) is 5.56 Å². The fourth-order valence-corrected chi connectivity index (χ4v) is 4.51. The first-order valence-corrected chi connectivity index (χ1v) is 11.4. The molecule has 0 atom stereocenters. The zero-order chi connectivity index (χ0) is 24.6. The van der Waals surface area contributed by atoms with E-state index >= 15 is 0 Å². The van der Waals surface area contributed by atoms with Gasteiger partial charge in [0.05, 0.1) is 30.6 Å². The summed E-state index contributed by atoms with van der Waals surface area (Å²) in [5.74, 6) is -0.795. The third kappa shape index (κ3) is 4.72. The minimum Gasteiger partial charge on any atom is -0.392 e. The fourth-order valence-electron chi connectivity index (χ4n) is 4.51. The summed E-state index contributed by atoms with van der Waals surface area (Å²) in [4.78, 5) is 19.7. The van der Waals surface area contributed by atoms with Crippen molar-refractivity contribution < 1.29 is 19.0 Å². The van der Waals surface area contributed by atoms with Gasteiger partial charge in [0.25, 0.3) is 5.56 Å². The summed E-state index contributed by atoms with van der Waals surface area (Å²) in [6, 6.07) is 10.6. The summed E-state index contributed by atoms with van der Waals surface area (Å²) in [7, 11) is 0. The maximum absolute atomic E-state index is 13.8. The summed E-state index contributed by atoms with van der Waals surface area (Å²) >= 11 is 0. The number of rotatable bonds is 6. The minimum atomic E-state index is -1.05. The van der Waals surface area contributed by atoms with E-state index in [1.54, 1.807) is 12.1 Å². The normalized spacial score (nSPS) is 16.1. The van der Waals surface area contributed by atoms with E-state index in [1.807, 2.05) is 0 Å². The predicted molar refractivity (Wildman–Crippen MR) is 125 cm³/mol. The smallest absolute Gasteiger partial charge is 0.264 e. The standard InChI is InChI=1S/C25H25F2N5O3/c26-19-3-1-17(2-4-19)13-30-9-7-25(35,8-10-30)15-31-16-28-23-21(24(31)34)12-29-32(23)20-5-6-22(27)18(11-20)14-33/h1-6,11-12,16,33,35H,7-10,13-15H2. The topological polar surface area (TPSA) is 96.4 Å². The Bertz CT molecular complexity index is 1410. The Labute approximate surface area is 199 Å². The number of benzene rings is 2. The highest BCUT2D eigenvalue weighted by Crippen LogP contribution is 2.25. The molecule has 0 amide bonds. The van der Waals surface area contributed by atoms with Gasteiger partial charge in [-0.2, -0.15) is 5.10 Å². The van der Waals surface area contributed by atoms with Crippen molar-refractivity contribution in [1.82, 2.24) is 24.2 Å². The van der Waals surface area contributed by atoms with Crippen LogP contribution < -0.4 is 5.56 Å². The fraction of sp³-hybridized carbons (Fsp3) is 0.320. The maximum Gasteiger partial charge on any atom is 0.264 e. The highest BCUT2D eigenvalue weighted by atomic mass is 19.1. The van der Waals surface area contributed by atoms with Crippen LogP contribution in [0.3, 0.4) is 0 Å². The molecule has 1 aliphatic heterocycles. The summed E-state index contributed by atoms with van der Waals surface area (Å²) in [6.45, 7) is 1.61. The molecule has 0 bridgehead atoms. The zero-order valence-corrected chi connectivity index (χ0v) is 18.9. The Hall–Kier alpha value is -3.47. The van der Waals surface area contributed by atoms with E-state index in [9.17, 15) is 23.8 Å². The Balaban J connectivity index is 1.31. The first kappa shape index (κ1) is 23.3. The molecule has 1 aliphatic rings. The Morgan fingerprint density at radius 2 is 1.80 bits per heavy atom. The van der Waals surface area contributed by atoms with Gasteiger partial charge in [0, 0.05) is 25.2 Å². The molecule has 1 fully saturated rings. The number of halogens is 2. The SMILES string of the molecule is O=c1c2cnn(-c3ccc(F)c(CO)c3)c2ncn1CC1(O)CCN(Cc2ccc(F)cc2)CC1. The molecule has 2 N–H and O–H groups in total. The third-order valence-corrected chi connectivity index (χ3v) is 6.57. The first-order chi connectivity index (χ1) is 16.8. The molecule has 182 valence electrons. The number of aliphatic hydroxyl groups excluding tert-OH is 1. The zero-order valence-electron chi connectivity index (χ0n) is 18.9. The van der Waals surface area contributed by atoms with Crippen molar-refractivity contribution >= 4 is 11.0 Å². The largest absolute Gasteiger partial charge is 0.392 e. The number of aromatic nitrogens is 4. The van der Waals surface area contributed by atoms with Crippen molar-refractivity contribution in [3.05, 3.63) is 88.1 Å². The molecule has 1 saturated heterocycles. The van der Waals surface area contributed by atoms with E-state index in [0.29, 0.717) is 43.8 Å². The molecule has 5 rings (SSSR count). The van der Waals surface area contributed by atoms with Gasteiger partial charge in [0.2, 0.25) is 0 Å². The van der Waals surface area contributed by atoms with Crippen LogP contribution in [0.4, 0.5) is 8.78 Å². The first-order valence-electron chi connectivity index (χ1n) is 11.4. The lowest BCUT2D eigenvalue weighted by Gasteiger charge is -2.38. The molecule has 0 saturated carbocycles. The van der Waals surface area contributed by atoms with Gasteiger partial charge in [-0.15, -0.1) is 0 Å². The van der Waals surface area contributed by atoms with Crippen molar-refractivity contribution in [2.24, 2.45) is 0 Å². The van der Waals surface area contributed by atoms with E-state index in [2.05, 4.69) is 15.0 Å². The number of aliphatic hydroxyl groups is 2. The van der Waals surface area contributed by atoms with Crippen molar-refractivity contribution in [2.75, 3.05) is 13.1 Å². The van der Waals surface area contributed by atoms with Crippen LogP contribution in [-0.4, -0.2) is 53.1 Å².